The zero-order valence-electron chi connectivity index (χ0n) is 16.8. The molecule has 0 aliphatic heterocycles. The number of hydrogen-bond acceptors (Lipinski definition) is 4. The standard InChI is InChI=1S/C23H18FN5O2/c1-12(2)21-20(22-25-9-14(10-26-22)23(30)31)17-8-18-13(11-27-28-18)7-19(17)29(21)16-5-3-15(24)4-6-16/h3-12H,1-2H3,(H,27,28)(H,30,31). The molecule has 0 aliphatic carbocycles. The largest absolute Gasteiger partial charge is 0.478 e. The number of benzene rings is 2. The second kappa shape index (κ2) is 7.02. The predicted molar refractivity (Wildman–Crippen MR) is 115 cm³/mol. The third-order valence-corrected chi connectivity index (χ3v) is 5.32. The van der Waals surface area contributed by atoms with E-state index in [0.29, 0.717) is 5.82 Å². The number of hydrogen-bond donors (Lipinski definition) is 2. The fourth-order valence-electron chi connectivity index (χ4n) is 3.96. The molecule has 5 rings (SSSR count). The van der Waals surface area contributed by atoms with Crippen LogP contribution in [-0.4, -0.2) is 35.8 Å². The van der Waals surface area contributed by atoms with Crippen LogP contribution in [0.2, 0.25) is 0 Å². The van der Waals surface area contributed by atoms with Crippen molar-refractivity contribution in [1.82, 2.24) is 24.7 Å². The fraction of sp³-hybridized carbons (Fsp3) is 0.130. The maximum absolute atomic E-state index is 13.6. The van der Waals surface area contributed by atoms with Gasteiger partial charge in [0.25, 0.3) is 0 Å². The summed E-state index contributed by atoms with van der Waals surface area (Å²) >= 11 is 0. The number of aromatic carboxylic acids is 1. The lowest BCUT2D eigenvalue weighted by Crippen LogP contribution is -2.05. The number of nitrogens with zero attached hydrogens (tertiary/aromatic N) is 4. The highest BCUT2D eigenvalue weighted by atomic mass is 19.1. The van der Waals surface area contributed by atoms with E-state index in [4.69, 9.17) is 0 Å². The molecule has 0 atom stereocenters. The highest BCUT2D eigenvalue weighted by molar-refractivity contribution is 6.04. The van der Waals surface area contributed by atoms with Crippen LogP contribution in [0.5, 0.6) is 0 Å². The first-order valence-corrected chi connectivity index (χ1v) is 9.77. The lowest BCUT2D eigenvalue weighted by Gasteiger charge is -2.15. The second-order valence-corrected chi connectivity index (χ2v) is 7.65. The van der Waals surface area contributed by atoms with Gasteiger partial charge in [-0.05, 0) is 42.3 Å². The Balaban J connectivity index is 1.90. The van der Waals surface area contributed by atoms with Crippen molar-refractivity contribution in [1.29, 1.82) is 0 Å². The van der Waals surface area contributed by atoms with Gasteiger partial charge < -0.3 is 9.67 Å². The van der Waals surface area contributed by atoms with E-state index in [-0.39, 0.29) is 17.3 Å². The van der Waals surface area contributed by atoms with E-state index in [2.05, 4.69) is 38.6 Å². The maximum Gasteiger partial charge on any atom is 0.338 e. The first-order chi connectivity index (χ1) is 14.9. The van der Waals surface area contributed by atoms with Crippen molar-refractivity contribution in [2.45, 2.75) is 19.8 Å². The molecule has 2 N–H and O–H groups in total. The van der Waals surface area contributed by atoms with E-state index in [9.17, 15) is 14.3 Å². The molecule has 154 valence electrons. The molecule has 8 heteroatoms. The molecule has 0 unspecified atom stereocenters. The Labute approximate surface area is 176 Å². The molecule has 7 nitrogen and oxygen atoms in total. The summed E-state index contributed by atoms with van der Waals surface area (Å²) in [6.07, 6.45) is 4.37. The minimum atomic E-state index is -1.08. The molecule has 3 heterocycles. The Bertz CT molecular complexity index is 1430. The number of carboxylic acid groups (broad SMARTS) is 1. The quantitative estimate of drug-likeness (QED) is 0.434. The first-order valence-electron chi connectivity index (χ1n) is 9.77. The molecule has 31 heavy (non-hydrogen) atoms. The number of aromatic nitrogens is 5. The van der Waals surface area contributed by atoms with Crippen LogP contribution >= 0.6 is 0 Å². The van der Waals surface area contributed by atoms with E-state index in [1.165, 1.54) is 24.5 Å². The predicted octanol–water partition coefficient (Wildman–Crippen LogP) is 4.92. The van der Waals surface area contributed by atoms with Crippen molar-refractivity contribution in [2.75, 3.05) is 0 Å². The average Bonchev–Trinajstić information content (AvgIpc) is 3.34. The van der Waals surface area contributed by atoms with Gasteiger partial charge in [-0.3, -0.25) is 5.10 Å². The highest BCUT2D eigenvalue weighted by Crippen LogP contribution is 2.40. The van der Waals surface area contributed by atoms with Crippen LogP contribution in [0, 0.1) is 5.82 Å². The fourth-order valence-corrected chi connectivity index (χ4v) is 3.96. The number of aromatic amines is 1. The Hall–Kier alpha value is -4.07. The third-order valence-electron chi connectivity index (χ3n) is 5.32. The van der Waals surface area contributed by atoms with E-state index >= 15 is 0 Å². The first kappa shape index (κ1) is 18.9. The zero-order chi connectivity index (χ0) is 21.7. The summed E-state index contributed by atoms with van der Waals surface area (Å²) in [5.41, 5.74) is 4.36. The minimum Gasteiger partial charge on any atom is -0.478 e. The van der Waals surface area contributed by atoms with Gasteiger partial charge in [0.2, 0.25) is 0 Å². The van der Waals surface area contributed by atoms with Crippen LogP contribution in [0.25, 0.3) is 38.9 Å². The van der Waals surface area contributed by atoms with Crippen LogP contribution in [0.4, 0.5) is 4.39 Å². The summed E-state index contributed by atoms with van der Waals surface area (Å²) in [6.45, 7) is 4.13. The molecule has 0 spiro atoms. The number of carbonyl (C=O) groups is 1. The molecule has 0 bridgehead atoms. The van der Waals surface area contributed by atoms with Gasteiger partial charge in [-0.2, -0.15) is 5.10 Å². The van der Waals surface area contributed by atoms with Gasteiger partial charge in [0.15, 0.2) is 5.82 Å². The van der Waals surface area contributed by atoms with Gasteiger partial charge in [-0.1, -0.05) is 13.8 Å². The zero-order valence-corrected chi connectivity index (χ0v) is 16.8. The normalized spacial score (nSPS) is 11.6. The summed E-state index contributed by atoms with van der Waals surface area (Å²) < 4.78 is 15.7. The van der Waals surface area contributed by atoms with Crippen LogP contribution in [-0.2, 0) is 0 Å². The van der Waals surface area contributed by atoms with Gasteiger partial charge in [0.05, 0.1) is 22.8 Å². The Morgan fingerprint density at radius 3 is 2.45 bits per heavy atom. The van der Waals surface area contributed by atoms with E-state index in [0.717, 1.165) is 38.8 Å². The van der Waals surface area contributed by atoms with Gasteiger partial charge in [0.1, 0.15) is 5.82 Å². The van der Waals surface area contributed by atoms with Gasteiger partial charge >= 0.3 is 5.97 Å². The molecule has 0 amide bonds. The molecule has 0 saturated heterocycles. The summed E-state index contributed by atoms with van der Waals surface area (Å²) in [5.74, 6) is -0.884. The van der Waals surface area contributed by atoms with Crippen molar-refractivity contribution in [3.8, 4) is 17.1 Å². The van der Waals surface area contributed by atoms with Crippen LogP contribution < -0.4 is 0 Å². The molecule has 2 aromatic carbocycles. The van der Waals surface area contributed by atoms with Crippen LogP contribution in [0.15, 0.2) is 55.0 Å². The van der Waals surface area contributed by atoms with Gasteiger partial charge in [-0.15, -0.1) is 0 Å². The van der Waals surface area contributed by atoms with Crippen molar-refractivity contribution < 1.29 is 14.3 Å². The molecule has 5 aromatic rings. The van der Waals surface area contributed by atoms with Crippen LogP contribution in [0.1, 0.15) is 35.8 Å². The second-order valence-electron chi connectivity index (χ2n) is 7.65. The van der Waals surface area contributed by atoms with Crippen molar-refractivity contribution in [3.05, 3.63) is 72.1 Å². The van der Waals surface area contributed by atoms with E-state index in [1.54, 1.807) is 18.3 Å². The van der Waals surface area contributed by atoms with Crippen molar-refractivity contribution >= 4 is 27.8 Å². The Morgan fingerprint density at radius 2 is 1.81 bits per heavy atom. The molecule has 0 radical (unpaired) electrons. The summed E-state index contributed by atoms with van der Waals surface area (Å²) in [6, 6.07) is 10.3. The number of fused-ring (bicyclic) bond motifs is 2. The lowest BCUT2D eigenvalue weighted by molar-refractivity contribution is 0.0696. The SMILES string of the molecule is CC(C)c1c(-c2ncc(C(=O)O)cn2)c2cc3[nH]ncc3cc2n1-c1ccc(F)cc1. The van der Waals surface area contributed by atoms with Gasteiger partial charge in [0, 0.05) is 40.1 Å². The Kier molecular flexibility index (Phi) is 4.28. The van der Waals surface area contributed by atoms with Crippen molar-refractivity contribution in [3.63, 3.8) is 0 Å². The van der Waals surface area contributed by atoms with E-state index in [1.807, 2.05) is 12.1 Å². The maximum atomic E-state index is 13.6. The highest BCUT2D eigenvalue weighted by Gasteiger charge is 2.24. The minimum absolute atomic E-state index is 0.0214. The number of halogens is 1. The van der Waals surface area contributed by atoms with Crippen molar-refractivity contribution in [2.24, 2.45) is 0 Å². The Morgan fingerprint density at radius 1 is 1.10 bits per heavy atom. The van der Waals surface area contributed by atoms with Crippen LogP contribution in [0.3, 0.4) is 0 Å². The number of rotatable bonds is 4. The van der Waals surface area contributed by atoms with E-state index < -0.39 is 5.97 Å². The smallest absolute Gasteiger partial charge is 0.338 e. The average molecular weight is 415 g/mol. The molecule has 3 aromatic heterocycles. The third kappa shape index (κ3) is 3.04. The lowest BCUT2D eigenvalue weighted by atomic mass is 10.0. The molecular formula is C23H18FN5O2. The number of carboxylic acids is 1. The molecule has 0 saturated carbocycles. The number of nitrogens with one attached hydrogen (secondary N) is 1. The number of H-pyrrole nitrogens is 1. The summed E-state index contributed by atoms with van der Waals surface area (Å²) in [4.78, 5) is 20.0. The summed E-state index contributed by atoms with van der Waals surface area (Å²) in [7, 11) is 0. The molecule has 0 fully saturated rings. The topological polar surface area (TPSA) is 96.7 Å². The molecule has 0 aliphatic rings. The summed E-state index contributed by atoms with van der Waals surface area (Å²) in [5, 5.41) is 18.2. The monoisotopic (exact) mass is 415 g/mol. The van der Waals surface area contributed by atoms with Gasteiger partial charge in [-0.25, -0.2) is 19.2 Å². The molecular weight excluding hydrogens is 397 g/mol.